The Labute approximate surface area is 135 Å². The molecular weight excluding hydrogens is 314 g/mol. The zero-order valence-corrected chi connectivity index (χ0v) is 12.2. The highest BCUT2D eigenvalue weighted by atomic mass is 16.6. The topological polar surface area (TPSA) is 144 Å². The number of carbonyl (C=O) groups is 1. The summed E-state index contributed by atoms with van der Waals surface area (Å²) >= 11 is 0. The summed E-state index contributed by atoms with van der Waals surface area (Å²) in [5.41, 5.74) is 6.48. The zero-order valence-electron chi connectivity index (χ0n) is 12.2. The zero-order chi connectivity index (χ0) is 17.1. The fourth-order valence-corrected chi connectivity index (χ4v) is 2.26. The Bertz CT molecular complexity index is 895. The molecule has 0 spiro atoms. The first kappa shape index (κ1) is 15.1. The number of nitro groups is 1. The number of nitrogens with two attached hydrogens (primary N) is 1. The summed E-state index contributed by atoms with van der Waals surface area (Å²) in [6, 6.07) is 11.6. The van der Waals surface area contributed by atoms with Crippen LogP contribution in [-0.4, -0.2) is 31.6 Å². The number of rotatable bonds is 4. The van der Waals surface area contributed by atoms with Crippen LogP contribution < -0.4 is 10.6 Å². The molecule has 0 saturated heterocycles. The minimum Gasteiger partial charge on any atom is -0.351 e. The van der Waals surface area contributed by atoms with Crippen LogP contribution in [0, 0.1) is 10.1 Å². The van der Waals surface area contributed by atoms with Gasteiger partial charge in [-0.05, 0) is 23.4 Å². The molecule has 1 heterocycles. The number of benzene rings is 2. The van der Waals surface area contributed by atoms with Crippen molar-refractivity contribution in [3.63, 3.8) is 0 Å². The number of H-pyrrole nitrogens is 1. The molecule has 0 fully saturated rings. The van der Waals surface area contributed by atoms with Crippen LogP contribution in [0.15, 0.2) is 48.5 Å². The maximum absolute atomic E-state index is 12.0. The molecule has 10 nitrogen and oxygen atoms in total. The number of aromatic nitrogens is 4. The summed E-state index contributed by atoms with van der Waals surface area (Å²) in [6.07, 6.45) is 0. The SMILES string of the molecule is NC(=O)N(c1cccc([N+](=O)[O-])c1)c1ccccc1-c1nn[nH]n1. The van der Waals surface area contributed by atoms with Crippen LogP contribution in [0.25, 0.3) is 11.4 Å². The average molecular weight is 325 g/mol. The number of hydrogen-bond acceptors (Lipinski definition) is 6. The molecule has 0 aliphatic carbocycles. The number of amides is 2. The van der Waals surface area contributed by atoms with Crippen LogP contribution in [0.4, 0.5) is 21.9 Å². The second-order valence-electron chi connectivity index (χ2n) is 4.70. The van der Waals surface area contributed by atoms with Gasteiger partial charge in [0.25, 0.3) is 5.69 Å². The van der Waals surface area contributed by atoms with Crippen molar-refractivity contribution in [3.05, 3.63) is 58.6 Å². The van der Waals surface area contributed by atoms with Crippen LogP contribution in [0.5, 0.6) is 0 Å². The van der Waals surface area contributed by atoms with Crippen LogP contribution >= 0.6 is 0 Å². The third-order valence-corrected chi connectivity index (χ3v) is 3.25. The molecule has 0 bridgehead atoms. The van der Waals surface area contributed by atoms with Gasteiger partial charge in [0, 0.05) is 17.7 Å². The first-order valence-electron chi connectivity index (χ1n) is 6.75. The number of nitrogens with one attached hydrogen (secondary N) is 1. The second-order valence-corrected chi connectivity index (χ2v) is 4.70. The van der Waals surface area contributed by atoms with Crippen molar-refractivity contribution in [3.8, 4) is 11.4 Å². The molecule has 2 amide bonds. The quantitative estimate of drug-likeness (QED) is 0.554. The number of aromatic amines is 1. The van der Waals surface area contributed by atoms with E-state index in [-0.39, 0.29) is 17.2 Å². The molecule has 0 radical (unpaired) electrons. The molecule has 0 aliphatic heterocycles. The van der Waals surface area contributed by atoms with E-state index in [1.165, 1.54) is 18.2 Å². The van der Waals surface area contributed by atoms with E-state index in [1.54, 1.807) is 30.3 Å². The Kier molecular flexibility index (Phi) is 3.85. The van der Waals surface area contributed by atoms with Gasteiger partial charge in [-0.15, -0.1) is 10.2 Å². The molecule has 10 heteroatoms. The van der Waals surface area contributed by atoms with Crippen LogP contribution in [-0.2, 0) is 0 Å². The molecule has 120 valence electrons. The number of primary amides is 1. The van der Waals surface area contributed by atoms with Crippen LogP contribution in [0.1, 0.15) is 0 Å². The molecule has 2 aromatic carbocycles. The lowest BCUT2D eigenvalue weighted by Gasteiger charge is -2.22. The lowest BCUT2D eigenvalue weighted by Crippen LogP contribution is -2.31. The van der Waals surface area contributed by atoms with Gasteiger partial charge in [-0.3, -0.25) is 15.0 Å². The Morgan fingerprint density at radius 2 is 2.00 bits per heavy atom. The van der Waals surface area contributed by atoms with Gasteiger partial charge in [-0.2, -0.15) is 5.21 Å². The molecular formula is C14H11N7O3. The minimum absolute atomic E-state index is 0.157. The van der Waals surface area contributed by atoms with E-state index in [9.17, 15) is 14.9 Å². The van der Waals surface area contributed by atoms with Crippen molar-refractivity contribution >= 4 is 23.1 Å². The molecule has 3 rings (SSSR count). The van der Waals surface area contributed by atoms with E-state index in [4.69, 9.17) is 5.73 Å². The van der Waals surface area contributed by atoms with E-state index in [0.717, 1.165) is 4.90 Å². The van der Waals surface area contributed by atoms with E-state index in [2.05, 4.69) is 20.6 Å². The van der Waals surface area contributed by atoms with Gasteiger partial charge >= 0.3 is 6.03 Å². The maximum atomic E-state index is 12.0. The fraction of sp³-hybridized carbons (Fsp3) is 0. The maximum Gasteiger partial charge on any atom is 0.323 e. The Morgan fingerprint density at radius 3 is 2.67 bits per heavy atom. The minimum atomic E-state index is -0.800. The number of anilines is 2. The van der Waals surface area contributed by atoms with Crippen molar-refractivity contribution in [1.82, 2.24) is 20.6 Å². The van der Waals surface area contributed by atoms with Crippen LogP contribution in [0.3, 0.4) is 0 Å². The summed E-state index contributed by atoms with van der Waals surface area (Å²) in [6.45, 7) is 0. The lowest BCUT2D eigenvalue weighted by molar-refractivity contribution is -0.384. The molecule has 0 unspecified atom stereocenters. The molecule has 24 heavy (non-hydrogen) atoms. The average Bonchev–Trinajstić information content (AvgIpc) is 3.10. The van der Waals surface area contributed by atoms with Gasteiger partial charge in [0.2, 0.25) is 5.82 Å². The molecule has 3 N–H and O–H groups in total. The fourth-order valence-electron chi connectivity index (χ4n) is 2.26. The second kappa shape index (κ2) is 6.12. The number of tetrazole rings is 1. The van der Waals surface area contributed by atoms with Crippen molar-refractivity contribution < 1.29 is 9.72 Å². The standard InChI is InChI=1S/C14H11N7O3/c15-14(22)20(9-4-3-5-10(8-9)21(23)24)12-7-2-1-6-11(12)13-16-18-19-17-13/h1-8H,(H2,15,22)(H,16,17,18,19). The van der Waals surface area contributed by atoms with E-state index >= 15 is 0 Å². The smallest absolute Gasteiger partial charge is 0.323 e. The monoisotopic (exact) mass is 325 g/mol. The largest absolute Gasteiger partial charge is 0.351 e. The predicted octanol–water partition coefficient (Wildman–Crippen LogP) is 1.99. The van der Waals surface area contributed by atoms with Crippen molar-refractivity contribution in [2.75, 3.05) is 4.90 Å². The number of non-ortho nitro benzene ring substituents is 1. The summed E-state index contributed by atoms with van der Waals surface area (Å²) < 4.78 is 0. The highest BCUT2D eigenvalue weighted by Crippen LogP contribution is 2.34. The van der Waals surface area contributed by atoms with Gasteiger partial charge in [0.15, 0.2) is 0 Å². The van der Waals surface area contributed by atoms with Gasteiger partial charge in [0.1, 0.15) is 0 Å². The van der Waals surface area contributed by atoms with E-state index in [0.29, 0.717) is 11.3 Å². The van der Waals surface area contributed by atoms with E-state index < -0.39 is 11.0 Å². The summed E-state index contributed by atoms with van der Waals surface area (Å²) in [4.78, 5) is 23.6. The third kappa shape index (κ3) is 2.75. The molecule has 0 saturated carbocycles. The molecule has 3 aromatic rings. The van der Waals surface area contributed by atoms with Crippen LogP contribution in [0.2, 0.25) is 0 Å². The Morgan fingerprint density at radius 1 is 1.21 bits per heavy atom. The first-order valence-corrected chi connectivity index (χ1v) is 6.75. The number of hydrogen-bond donors (Lipinski definition) is 2. The number of nitrogens with zero attached hydrogens (tertiary/aromatic N) is 5. The van der Waals surface area contributed by atoms with E-state index in [1.807, 2.05) is 0 Å². The third-order valence-electron chi connectivity index (χ3n) is 3.25. The van der Waals surface area contributed by atoms with Gasteiger partial charge in [-0.1, -0.05) is 18.2 Å². The van der Waals surface area contributed by atoms with Gasteiger partial charge < -0.3 is 5.73 Å². The molecule has 0 atom stereocenters. The summed E-state index contributed by atoms with van der Waals surface area (Å²) in [7, 11) is 0. The Balaban J connectivity index is 2.16. The molecule has 0 aliphatic rings. The number of para-hydroxylation sites is 1. The van der Waals surface area contributed by atoms with Crippen molar-refractivity contribution in [2.45, 2.75) is 0 Å². The van der Waals surface area contributed by atoms with Crippen molar-refractivity contribution in [2.24, 2.45) is 5.73 Å². The number of carbonyl (C=O) groups excluding carboxylic acids is 1. The summed E-state index contributed by atoms with van der Waals surface area (Å²) in [5.74, 6) is 0.266. The van der Waals surface area contributed by atoms with Gasteiger partial charge in [0.05, 0.1) is 16.3 Å². The summed E-state index contributed by atoms with van der Waals surface area (Å²) in [5, 5.41) is 24.6. The first-order chi connectivity index (χ1) is 11.6. The predicted molar refractivity (Wildman–Crippen MR) is 84.4 cm³/mol. The number of nitro benzene ring substituents is 1. The molecule has 1 aromatic heterocycles. The normalized spacial score (nSPS) is 10.3. The number of urea groups is 1. The van der Waals surface area contributed by atoms with Crippen molar-refractivity contribution in [1.29, 1.82) is 0 Å². The Hall–Kier alpha value is -3.82. The lowest BCUT2D eigenvalue weighted by atomic mass is 10.1. The highest BCUT2D eigenvalue weighted by molar-refractivity contribution is 6.02. The van der Waals surface area contributed by atoms with Gasteiger partial charge in [-0.25, -0.2) is 4.79 Å². The highest BCUT2D eigenvalue weighted by Gasteiger charge is 2.22.